The van der Waals surface area contributed by atoms with Crippen LogP contribution in [0.2, 0.25) is 0 Å². The van der Waals surface area contributed by atoms with E-state index >= 15 is 0 Å². The van der Waals surface area contributed by atoms with Crippen LogP contribution in [-0.4, -0.2) is 23.1 Å². The van der Waals surface area contributed by atoms with Crippen LogP contribution in [0.4, 0.5) is 5.95 Å². The van der Waals surface area contributed by atoms with E-state index in [1.54, 1.807) is 0 Å². The SMILES string of the molecule is CCc1cnc(N2CCC(CC#N)CC2)nc1. The van der Waals surface area contributed by atoms with Crippen LogP contribution in [0.15, 0.2) is 12.4 Å². The van der Waals surface area contributed by atoms with Gasteiger partial charge in [0.15, 0.2) is 0 Å². The number of aromatic nitrogens is 2. The molecule has 4 nitrogen and oxygen atoms in total. The van der Waals surface area contributed by atoms with Crippen LogP contribution in [0.5, 0.6) is 0 Å². The molecule has 1 aliphatic heterocycles. The summed E-state index contributed by atoms with van der Waals surface area (Å²) in [5.74, 6) is 1.39. The first-order valence-electron chi connectivity index (χ1n) is 6.26. The molecule has 0 unspecified atom stereocenters. The maximum Gasteiger partial charge on any atom is 0.225 e. The molecule has 1 saturated heterocycles. The van der Waals surface area contributed by atoms with Gasteiger partial charge in [-0.15, -0.1) is 0 Å². The Morgan fingerprint density at radius 1 is 1.35 bits per heavy atom. The van der Waals surface area contributed by atoms with Crippen LogP contribution >= 0.6 is 0 Å². The molecule has 2 heterocycles. The van der Waals surface area contributed by atoms with Crippen LogP contribution in [0.25, 0.3) is 0 Å². The molecule has 1 aromatic heterocycles. The molecule has 4 heteroatoms. The van der Waals surface area contributed by atoms with Crippen molar-refractivity contribution in [1.29, 1.82) is 5.26 Å². The summed E-state index contributed by atoms with van der Waals surface area (Å²) in [7, 11) is 0. The second kappa shape index (κ2) is 5.62. The topological polar surface area (TPSA) is 52.8 Å². The summed E-state index contributed by atoms with van der Waals surface area (Å²) in [6, 6.07) is 2.26. The van der Waals surface area contributed by atoms with E-state index in [9.17, 15) is 0 Å². The van der Waals surface area contributed by atoms with E-state index < -0.39 is 0 Å². The van der Waals surface area contributed by atoms with E-state index in [2.05, 4.69) is 27.9 Å². The molecule has 17 heavy (non-hydrogen) atoms. The first-order chi connectivity index (χ1) is 8.33. The Labute approximate surface area is 102 Å². The monoisotopic (exact) mass is 230 g/mol. The minimum Gasteiger partial charge on any atom is -0.341 e. The molecule has 0 aliphatic carbocycles. The Kier molecular flexibility index (Phi) is 3.92. The van der Waals surface area contributed by atoms with Gasteiger partial charge in [-0.05, 0) is 30.7 Å². The lowest BCUT2D eigenvalue weighted by Crippen LogP contribution is -2.34. The van der Waals surface area contributed by atoms with E-state index in [-0.39, 0.29) is 0 Å². The van der Waals surface area contributed by atoms with Crippen molar-refractivity contribution in [3.63, 3.8) is 0 Å². The van der Waals surface area contributed by atoms with Crippen LogP contribution in [0.1, 0.15) is 31.7 Å². The molecule has 0 spiro atoms. The van der Waals surface area contributed by atoms with Crippen molar-refractivity contribution in [2.24, 2.45) is 5.92 Å². The number of piperidine rings is 1. The highest BCUT2D eigenvalue weighted by molar-refractivity contribution is 5.30. The molecular weight excluding hydrogens is 212 g/mol. The maximum absolute atomic E-state index is 8.67. The fraction of sp³-hybridized carbons (Fsp3) is 0.615. The van der Waals surface area contributed by atoms with Crippen LogP contribution < -0.4 is 4.90 Å². The normalized spacial score (nSPS) is 16.8. The van der Waals surface area contributed by atoms with Crippen molar-refractivity contribution < 1.29 is 0 Å². The fourth-order valence-corrected chi connectivity index (χ4v) is 2.16. The molecule has 90 valence electrons. The van der Waals surface area contributed by atoms with E-state index in [0.29, 0.717) is 12.3 Å². The quantitative estimate of drug-likeness (QED) is 0.798. The summed E-state index contributed by atoms with van der Waals surface area (Å²) in [5.41, 5.74) is 1.17. The molecule has 0 saturated carbocycles. The van der Waals surface area contributed by atoms with Crippen molar-refractivity contribution in [2.45, 2.75) is 32.6 Å². The Bertz CT molecular complexity index is 385. The van der Waals surface area contributed by atoms with Crippen molar-refractivity contribution >= 4 is 5.95 Å². The summed E-state index contributed by atoms with van der Waals surface area (Å²) in [6.45, 7) is 4.04. The van der Waals surface area contributed by atoms with Gasteiger partial charge in [-0.3, -0.25) is 0 Å². The van der Waals surface area contributed by atoms with Crippen LogP contribution in [0.3, 0.4) is 0 Å². The number of aryl methyl sites for hydroxylation is 1. The van der Waals surface area contributed by atoms with Crippen LogP contribution in [-0.2, 0) is 6.42 Å². The zero-order valence-electron chi connectivity index (χ0n) is 10.3. The van der Waals surface area contributed by atoms with E-state index in [4.69, 9.17) is 5.26 Å². The van der Waals surface area contributed by atoms with Crippen molar-refractivity contribution in [2.75, 3.05) is 18.0 Å². The number of hydrogen-bond donors (Lipinski definition) is 0. The predicted octanol–water partition coefficient (Wildman–Crippen LogP) is 2.17. The number of hydrogen-bond acceptors (Lipinski definition) is 4. The molecule has 1 fully saturated rings. The highest BCUT2D eigenvalue weighted by atomic mass is 15.2. The Morgan fingerprint density at radius 2 is 2.00 bits per heavy atom. The standard InChI is InChI=1S/C13H18N4/c1-2-11-9-15-13(16-10-11)17-7-4-12(3-6-14)5-8-17/h9-10,12H,2-5,7-8H2,1H3. The molecule has 1 aliphatic rings. The summed E-state index contributed by atoms with van der Waals surface area (Å²) in [4.78, 5) is 11.0. The lowest BCUT2D eigenvalue weighted by Gasteiger charge is -2.30. The molecule has 0 bridgehead atoms. The first-order valence-corrected chi connectivity index (χ1v) is 6.26. The Balaban J connectivity index is 1.93. The van der Waals surface area contributed by atoms with Crippen molar-refractivity contribution in [3.05, 3.63) is 18.0 Å². The van der Waals surface area contributed by atoms with Gasteiger partial charge < -0.3 is 4.90 Å². The van der Waals surface area contributed by atoms with Gasteiger partial charge in [0, 0.05) is 31.9 Å². The van der Waals surface area contributed by atoms with Gasteiger partial charge in [-0.25, -0.2) is 9.97 Å². The minimum absolute atomic E-state index is 0.561. The summed E-state index contributed by atoms with van der Waals surface area (Å²) in [6.07, 6.45) is 7.63. The maximum atomic E-state index is 8.67. The summed E-state index contributed by atoms with van der Waals surface area (Å²) < 4.78 is 0. The summed E-state index contributed by atoms with van der Waals surface area (Å²) >= 11 is 0. The van der Waals surface area contributed by atoms with Gasteiger partial charge in [-0.1, -0.05) is 6.92 Å². The van der Waals surface area contributed by atoms with Crippen molar-refractivity contribution in [1.82, 2.24) is 9.97 Å². The number of nitrogens with zero attached hydrogens (tertiary/aromatic N) is 4. The Morgan fingerprint density at radius 3 is 2.53 bits per heavy atom. The molecule has 0 amide bonds. The lowest BCUT2D eigenvalue weighted by molar-refractivity contribution is 0.409. The third-order valence-electron chi connectivity index (χ3n) is 3.38. The zero-order chi connectivity index (χ0) is 12.1. The number of nitriles is 1. The average Bonchev–Trinajstić information content (AvgIpc) is 2.40. The van der Waals surface area contributed by atoms with Crippen LogP contribution in [0, 0.1) is 17.2 Å². The number of anilines is 1. The van der Waals surface area contributed by atoms with Gasteiger partial charge in [-0.2, -0.15) is 5.26 Å². The smallest absolute Gasteiger partial charge is 0.225 e. The molecule has 0 radical (unpaired) electrons. The van der Waals surface area contributed by atoms with E-state index in [1.165, 1.54) is 5.56 Å². The molecule has 2 rings (SSSR count). The van der Waals surface area contributed by atoms with Gasteiger partial charge in [0.05, 0.1) is 6.07 Å². The van der Waals surface area contributed by atoms with Gasteiger partial charge in [0.2, 0.25) is 5.95 Å². The second-order valence-corrected chi connectivity index (χ2v) is 4.54. The highest BCUT2D eigenvalue weighted by Crippen LogP contribution is 2.22. The predicted molar refractivity (Wildman–Crippen MR) is 66.6 cm³/mol. The lowest BCUT2D eigenvalue weighted by atomic mass is 9.94. The minimum atomic E-state index is 0.561. The summed E-state index contributed by atoms with van der Waals surface area (Å²) in [5, 5.41) is 8.67. The molecule has 0 aromatic carbocycles. The number of rotatable bonds is 3. The largest absolute Gasteiger partial charge is 0.341 e. The van der Waals surface area contributed by atoms with E-state index in [1.807, 2.05) is 12.4 Å². The molecule has 1 aromatic rings. The Hall–Kier alpha value is -1.63. The molecule has 0 N–H and O–H groups in total. The van der Waals surface area contributed by atoms with Gasteiger partial charge in [0.1, 0.15) is 0 Å². The van der Waals surface area contributed by atoms with Gasteiger partial charge >= 0.3 is 0 Å². The van der Waals surface area contributed by atoms with E-state index in [0.717, 1.165) is 38.3 Å². The van der Waals surface area contributed by atoms with Gasteiger partial charge in [0.25, 0.3) is 0 Å². The highest BCUT2D eigenvalue weighted by Gasteiger charge is 2.20. The molecular formula is C13H18N4. The zero-order valence-corrected chi connectivity index (χ0v) is 10.3. The third kappa shape index (κ3) is 2.94. The fourth-order valence-electron chi connectivity index (χ4n) is 2.16. The third-order valence-corrected chi connectivity index (χ3v) is 3.38. The molecule has 0 atom stereocenters. The second-order valence-electron chi connectivity index (χ2n) is 4.54. The average molecular weight is 230 g/mol. The van der Waals surface area contributed by atoms with Crippen molar-refractivity contribution in [3.8, 4) is 6.07 Å². The first kappa shape index (κ1) is 11.8.